The summed E-state index contributed by atoms with van der Waals surface area (Å²) in [5.74, 6) is 0. The first kappa shape index (κ1) is 20.9. The van der Waals surface area contributed by atoms with Crippen molar-refractivity contribution < 1.29 is 48.1 Å². The fraction of sp³-hybridized carbons (Fsp3) is 0.200. The van der Waals surface area contributed by atoms with Crippen LogP contribution < -0.4 is 0 Å². The van der Waals surface area contributed by atoms with Crippen molar-refractivity contribution in [1.82, 2.24) is 0 Å². The lowest BCUT2D eigenvalue weighted by Crippen LogP contribution is -2.34. The number of hydrogen-bond donors (Lipinski definition) is 0. The molecule has 25 heavy (non-hydrogen) atoms. The Morgan fingerprint density at radius 2 is 1.24 bits per heavy atom. The van der Waals surface area contributed by atoms with Gasteiger partial charge in [-0.1, -0.05) is 0 Å². The van der Waals surface area contributed by atoms with Crippen molar-refractivity contribution in [1.29, 1.82) is 0 Å². The van der Waals surface area contributed by atoms with Crippen LogP contribution >= 0.6 is 0 Å². The van der Waals surface area contributed by atoms with Crippen LogP contribution in [-0.4, -0.2) is 32.8 Å². The van der Waals surface area contributed by atoms with E-state index >= 15 is 0 Å². The molecule has 0 aromatic heterocycles. The smallest absolute Gasteiger partial charge is 0.258 e. The molecule has 15 heteroatoms. The van der Waals surface area contributed by atoms with Gasteiger partial charge < -0.3 is 0 Å². The highest BCUT2D eigenvalue weighted by Gasteiger charge is 2.59. The summed E-state index contributed by atoms with van der Waals surface area (Å²) >= 11 is 0. The molecule has 7 nitrogen and oxygen atoms in total. The zero-order valence-electron chi connectivity index (χ0n) is 11.4. The van der Waals surface area contributed by atoms with Crippen LogP contribution in [0.4, 0.5) is 32.0 Å². The molecule has 1 rings (SSSR count). The molecule has 0 saturated carbocycles. The lowest BCUT2D eigenvalue weighted by atomic mass is 10.2. The second-order valence-electron chi connectivity index (χ2n) is 4.21. The molecule has 0 fully saturated rings. The number of nitro groups is 1. The number of hydrogen-bond acceptors (Lipinski definition) is 6. The van der Waals surface area contributed by atoms with Crippen LogP contribution in [-0.2, 0) is 19.7 Å². The van der Waals surface area contributed by atoms with Crippen LogP contribution in [0.3, 0.4) is 0 Å². The molecule has 0 bridgehead atoms. The third kappa shape index (κ3) is 4.09. The predicted molar refractivity (Wildman–Crippen MR) is 71.0 cm³/mol. The van der Waals surface area contributed by atoms with E-state index in [2.05, 4.69) is 0 Å². The fourth-order valence-corrected chi connectivity index (χ4v) is 4.12. The molecule has 1 aromatic carbocycles. The summed E-state index contributed by atoms with van der Waals surface area (Å²) in [5.41, 5.74) is -14.0. The molecule has 0 aliphatic rings. The van der Waals surface area contributed by atoms with Crippen LogP contribution in [0.1, 0.15) is 5.56 Å². The maximum atomic E-state index is 12.5. The minimum Gasteiger partial charge on any atom is -0.258 e. The van der Waals surface area contributed by atoms with Crippen molar-refractivity contribution in [3.05, 3.63) is 44.2 Å². The van der Waals surface area contributed by atoms with Gasteiger partial charge in [-0.3, -0.25) is 10.1 Å². The first-order chi connectivity index (χ1) is 11.0. The monoisotopic (exact) mass is 413 g/mol. The Kier molecular flexibility index (Phi) is 5.25. The Bertz CT molecular complexity index is 866. The van der Waals surface area contributed by atoms with E-state index in [1.807, 2.05) is 0 Å². The Morgan fingerprint density at radius 1 is 0.880 bits per heavy atom. The van der Waals surface area contributed by atoms with Crippen molar-refractivity contribution in [3.8, 4) is 0 Å². The molecule has 140 valence electrons. The molecule has 0 unspecified atom stereocenters. The number of halogens is 6. The Balaban J connectivity index is 3.72. The van der Waals surface area contributed by atoms with E-state index in [4.69, 9.17) is 0 Å². The van der Waals surface area contributed by atoms with Gasteiger partial charge in [0, 0.05) is 12.1 Å². The van der Waals surface area contributed by atoms with Gasteiger partial charge in [-0.15, -0.1) is 0 Å². The number of sulfone groups is 2. The van der Waals surface area contributed by atoms with Gasteiger partial charge >= 0.3 is 11.0 Å². The van der Waals surface area contributed by atoms with Gasteiger partial charge in [0.05, 0.1) is 4.92 Å². The van der Waals surface area contributed by atoms with E-state index < -0.39 is 51.1 Å². The Labute approximate surface area is 135 Å². The van der Waals surface area contributed by atoms with Crippen LogP contribution in [0.15, 0.2) is 28.5 Å². The molecule has 0 radical (unpaired) electrons. The summed E-state index contributed by atoms with van der Waals surface area (Å²) in [6, 6.07) is 2.42. The van der Waals surface area contributed by atoms with E-state index in [-0.39, 0.29) is 6.08 Å². The molecule has 0 N–H and O–H groups in total. The van der Waals surface area contributed by atoms with E-state index in [0.29, 0.717) is 24.3 Å². The van der Waals surface area contributed by atoms with Crippen molar-refractivity contribution >= 4 is 31.4 Å². The number of nitrogens with zero attached hydrogens (tertiary/aromatic N) is 1. The normalized spacial score (nSPS) is 13.4. The van der Waals surface area contributed by atoms with E-state index in [1.54, 1.807) is 0 Å². The van der Waals surface area contributed by atoms with Crippen molar-refractivity contribution in [2.24, 2.45) is 0 Å². The summed E-state index contributed by atoms with van der Waals surface area (Å²) in [6.45, 7) is 0. The Morgan fingerprint density at radius 3 is 1.52 bits per heavy atom. The highest BCUT2D eigenvalue weighted by atomic mass is 32.3. The zero-order valence-corrected chi connectivity index (χ0v) is 13.0. The molecule has 0 saturated heterocycles. The standard InChI is InChI=1S/C10H5F6NO6S2/c11-9(12,13)24(20,21)8(25(22,23)10(14,15)16)5-6-1-3-7(4-2-6)17(18)19/h1-5H. The third-order valence-electron chi connectivity index (χ3n) is 2.53. The van der Waals surface area contributed by atoms with Crippen molar-refractivity contribution in [2.75, 3.05) is 0 Å². The molecule has 0 aliphatic heterocycles. The summed E-state index contributed by atoms with van der Waals surface area (Å²) in [5, 5.41) is 10.4. The Hall–Kier alpha value is -2.16. The van der Waals surface area contributed by atoms with Gasteiger partial charge in [0.2, 0.25) is 0 Å². The first-order valence-electron chi connectivity index (χ1n) is 5.60. The van der Waals surface area contributed by atoms with Gasteiger partial charge in [-0.05, 0) is 23.8 Å². The largest absolute Gasteiger partial charge is 0.502 e. The topological polar surface area (TPSA) is 111 Å². The summed E-state index contributed by atoms with van der Waals surface area (Å²) in [4.78, 5) is 9.47. The fourth-order valence-electron chi connectivity index (χ4n) is 1.36. The number of alkyl halides is 6. The second kappa shape index (κ2) is 6.29. The molecule has 0 aliphatic carbocycles. The predicted octanol–water partition coefficient (Wildman–Crippen LogP) is 2.76. The van der Waals surface area contributed by atoms with Crippen LogP contribution in [0.2, 0.25) is 0 Å². The molecular formula is C10H5F6NO6S2. The second-order valence-corrected chi connectivity index (χ2v) is 8.29. The van der Waals surface area contributed by atoms with Crippen LogP contribution in [0.25, 0.3) is 6.08 Å². The quantitative estimate of drug-likeness (QED) is 0.426. The summed E-state index contributed by atoms with van der Waals surface area (Å²) in [7, 11) is -13.8. The van der Waals surface area contributed by atoms with Gasteiger partial charge in [0.15, 0.2) is 4.24 Å². The third-order valence-corrected chi connectivity index (χ3v) is 6.36. The lowest BCUT2D eigenvalue weighted by Gasteiger charge is -2.14. The average molecular weight is 413 g/mol. The van der Waals surface area contributed by atoms with Gasteiger partial charge in [-0.25, -0.2) is 16.8 Å². The minimum absolute atomic E-state index is 0.380. The molecule has 0 heterocycles. The lowest BCUT2D eigenvalue weighted by molar-refractivity contribution is -0.384. The van der Waals surface area contributed by atoms with E-state index in [1.165, 1.54) is 0 Å². The molecule has 1 aromatic rings. The first-order valence-corrected chi connectivity index (χ1v) is 8.57. The zero-order chi connectivity index (χ0) is 19.8. The van der Waals surface area contributed by atoms with Crippen LogP contribution in [0.5, 0.6) is 0 Å². The maximum absolute atomic E-state index is 12.5. The van der Waals surface area contributed by atoms with E-state index in [9.17, 15) is 53.3 Å². The minimum atomic E-state index is -6.88. The summed E-state index contributed by atoms with van der Waals surface area (Å²) < 4.78 is 117. The SMILES string of the molecule is O=[N+]([O-])c1ccc(C=C(S(=O)(=O)C(F)(F)F)S(=O)(=O)C(F)(F)F)cc1. The molecular weight excluding hydrogens is 408 g/mol. The summed E-state index contributed by atoms with van der Waals surface area (Å²) in [6.07, 6.45) is -0.380. The van der Waals surface area contributed by atoms with Gasteiger partial charge in [0.25, 0.3) is 25.4 Å². The highest BCUT2D eigenvalue weighted by Crippen LogP contribution is 2.39. The molecule has 0 amide bonds. The van der Waals surface area contributed by atoms with Crippen molar-refractivity contribution in [3.63, 3.8) is 0 Å². The molecule has 0 spiro atoms. The number of benzene rings is 1. The number of rotatable bonds is 4. The number of nitro benzene ring substituents is 1. The van der Waals surface area contributed by atoms with E-state index in [0.717, 1.165) is 0 Å². The average Bonchev–Trinajstić information content (AvgIpc) is 2.42. The maximum Gasteiger partial charge on any atom is 0.502 e. The number of non-ortho nitro benzene ring substituents is 1. The van der Waals surface area contributed by atoms with Crippen molar-refractivity contribution in [2.45, 2.75) is 11.0 Å². The van der Waals surface area contributed by atoms with Gasteiger partial charge in [-0.2, -0.15) is 26.3 Å². The molecule has 0 atom stereocenters. The van der Waals surface area contributed by atoms with Crippen LogP contribution in [0, 0.1) is 10.1 Å². The highest BCUT2D eigenvalue weighted by molar-refractivity contribution is 8.15. The van der Waals surface area contributed by atoms with Gasteiger partial charge in [0.1, 0.15) is 0 Å².